The number of nitrogens with zero attached hydrogens (tertiary/aromatic N) is 2. The Labute approximate surface area is 150 Å². The number of aryl methyl sites for hydroxylation is 2. The van der Waals surface area contributed by atoms with E-state index in [0.717, 1.165) is 36.5 Å². The van der Waals surface area contributed by atoms with Gasteiger partial charge in [-0.05, 0) is 43.9 Å². The third-order valence-corrected chi connectivity index (χ3v) is 4.80. The highest BCUT2D eigenvalue weighted by atomic mass is 16.2. The summed E-state index contributed by atoms with van der Waals surface area (Å²) in [4.78, 5) is 36.7. The van der Waals surface area contributed by atoms with Crippen molar-refractivity contribution in [1.82, 2.24) is 20.3 Å². The van der Waals surface area contributed by atoms with Crippen LogP contribution in [-0.4, -0.2) is 27.4 Å². The molecule has 1 amide bonds. The molecular formula is C20H20N4O2. The van der Waals surface area contributed by atoms with E-state index in [2.05, 4.69) is 20.3 Å². The number of nitrogens with one attached hydrogen (secondary N) is 2. The first-order chi connectivity index (χ1) is 12.6. The third kappa shape index (κ3) is 3.10. The smallest absolute Gasteiger partial charge is 0.267 e. The number of amides is 1. The standard InChI is InChI=1S/C20H20N4O2/c1-12-13-6-4-8-15(13)24-19(22-12)9-10-21-20(26)17-11-18(25)14-5-2-3-7-16(14)23-17/h2-3,5,7,11H,4,6,8-10H2,1H3,(H,21,26)(H,23,25). The largest absolute Gasteiger partial charge is 0.350 e. The van der Waals surface area contributed by atoms with Gasteiger partial charge in [0, 0.05) is 41.3 Å². The quantitative estimate of drug-likeness (QED) is 0.756. The van der Waals surface area contributed by atoms with E-state index in [-0.39, 0.29) is 17.0 Å². The molecule has 26 heavy (non-hydrogen) atoms. The fraction of sp³-hybridized carbons (Fsp3) is 0.300. The van der Waals surface area contributed by atoms with Gasteiger partial charge < -0.3 is 10.3 Å². The molecule has 2 aromatic heterocycles. The maximum absolute atomic E-state index is 12.4. The molecule has 1 aliphatic rings. The number of aromatic amines is 1. The molecule has 0 atom stereocenters. The van der Waals surface area contributed by atoms with E-state index in [1.165, 1.54) is 11.6 Å². The van der Waals surface area contributed by atoms with Gasteiger partial charge in [0.1, 0.15) is 11.5 Å². The summed E-state index contributed by atoms with van der Waals surface area (Å²) in [5, 5.41) is 3.41. The van der Waals surface area contributed by atoms with E-state index in [1.807, 2.05) is 13.0 Å². The summed E-state index contributed by atoms with van der Waals surface area (Å²) >= 11 is 0. The number of carbonyl (C=O) groups excluding carboxylic acids is 1. The Morgan fingerprint density at radius 1 is 1.23 bits per heavy atom. The van der Waals surface area contributed by atoms with E-state index in [4.69, 9.17) is 0 Å². The van der Waals surface area contributed by atoms with Crippen molar-refractivity contribution in [2.75, 3.05) is 6.54 Å². The predicted octanol–water partition coefficient (Wildman–Crippen LogP) is 2.09. The van der Waals surface area contributed by atoms with Crippen LogP contribution in [0.1, 0.15) is 39.7 Å². The second-order valence-corrected chi connectivity index (χ2v) is 6.60. The molecule has 3 aromatic rings. The lowest BCUT2D eigenvalue weighted by molar-refractivity contribution is 0.0949. The number of hydrogen-bond donors (Lipinski definition) is 2. The second-order valence-electron chi connectivity index (χ2n) is 6.60. The molecule has 0 saturated heterocycles. The Hall–Kier alpha value is -3.02. The summed E-state index contributed by atoms with van der Waals surface area (Å²) < 4.78 is 0. The van der Waals surface area contributed by atoms with Crippen molar-refractivity contribution in [1.29, 1.82) is 0 Å². The van der Waals surface area contributed by atoms with Gasteiger partial charge >= 0.3 is 0 Å². The molecule has 0 bridgehead atoms. The van der Waals surface area contributed by atoms with E-state index < -0.39 is 0 Å². The van der Waals surface area contributed by atoms with Crippen LogP contribution >= 0.6 is 0 Å². The molecule has 0 fully saturated rings. The van der Waals surface area contributed by atoms with Crippen molar-refractivity contribution >= 4 is 16.8 Å². The van der Waals surface area contributed by atoms with E-state index in [1.54, 1.807) is 18.2 Å². The fourth-order valence-corrected chi connectivity index (χ4v) is 3.50. The minimum atomic E-state index is -0.300. The van der Waals surface area contributed by atoms with Crippen molar-refractivity contribution < 1.29 is 4.79 Å². The van der Waals surface area contributed by atoms with Crippen molar-refractivity contribution in [3.05, 3.63) is 69.0 Å². The molecule has 2 heterocycles. The molecule has 0 aliphatic heterocycles. The van der Waals surface area contributed by atoms with Gasteiger partial charge in [0.25, 0.3) is 5.91 Å². The lowest BCUT2D eigenvalue weighted by Gasteiger charge is -2.08. The van der Waals surface area contributed by atoms with Crippen LogP contribution in [0.15, 0.2) is 35.1 Å². The summed E-state index contributed by atoms with van der Waals surface area (Å²) in [6, 6.07) is 8.50. The minimum Gasteiger partial charge on any atom is -0.350 e. The van der Waals surface area contributed by atoms with Crippen LogP contribution in [0.3, 0.4) is 0 Å². The number of carbonyl (C=O) groups is 1. The maximum atomic E-state index is 12.4. The Morgan fingerprint density at radius 2 is 2.08 bits per heavy atom. The Bertz CT molecular complexity index is 1060. The highest BCUT2D eigenvalue weighted by Gasteiger charge is 2.17. The average molecular weight is 348 g/mol. The van der Waals surface area contributed by atoms with Crippen molar-refractivity contribution in [3.63, 3.8) is 0 Å². The highest BCUT2D eigenvalue weighted by molar-refractivity contribution is 5.94. The second kappa shape index (κ2) is 6.71. The average Bonchev–Trinajstić information content (AvgIpc) is 3.11. The number of fused-ring (bicyclic) bond motifs is 2. The molecule has 6 nitrogen and oxygen atoms in total. The SMILES string of the molecule is Cc1nc(CCNC(=O)c2cc(=O)c3ccccc3[nH]2)nc2c1CCC2. The molecule has 6 heteroatoms. The number of pyridine rings is 1. The van der Waals surface area contributed by atoms with Crippen LogP contribution in [-0.2, 0) is 19.3 Å². The number of hydrogen-bond acceptors (Lipinski definition) is 4. The Kier molecular flexibility index (Phi) is 4.24. The monoisotopic (exact) mass is 348 g/mol. The molecule has 1 aliphatic carbocycles. The zero-order valence-electron chi connectivity index (χ0n) is 14.6. The molecule has 1 aromatic carbocycles. The van der Waals surface area contributed by atoms with Gasteiger partial charge in [-0.3, -0.25) is 9.59 Å². The van der Waals surface area contributed by atoms with Gasteiger partial charge in [0.2, 0.25) is 0 Å². The van der Waals surface area contributed by atoms with Crippen molar-refractivity contribution in [3.8, 4) is 0 Å². The highest BCUT2D eigenvalue weighted by Crippen LogP contribution is 2.22. The van der Waals surface area contributed by atoms with Gasteiger partial charge in [-0.25, -0.2) is 9.97 Å². The normalized spacial score (nSPS) is 13.0. The van der Waals surface area contributed by atoms with E-state index >= 15 is 0 Å². The summed E-state index contributed by atoms with van der Waals surface area (Å²) in [6.45, 7) is 2.44. The summed E-state index contributed by atoms with van der Waals surface area (Å²) in [5.74, 6) is 0.459. The summed E-state index contributed by atoms with van der Waals surface area (Å²) in [5.41, 5.74) is 4.24. The number of H-pyrrole nitrogens is 1. The molecule has 0 spiro atoms. The van der Waals surface area contributed by atoms with Gasteiger partial charge in [-0.1, -0.05) is 12.1 Å². The van der Waals surface area contributed by atoms with Crippen molar-refractivity contribution in [2.45, 2.75) is 32.6 Å². The van der Waals surface area contributed by atoms with Crippen molar-refractivity contribution in [2.24, 2.45) is 0 Å². The predicted molar refractivity (Wildman–Crippen MR) is 99.4 cm³/mol. The van der Waals surface area contributed by atoms with Crippen LogP contribution < -0.4 is 10.7 Å². The van der Waals surface area contributed by atoms with Gasteiger partial charge in [-0.15, -0.1) is 0 Å². The first kappa shape index (κ1) is 16.4. The molecule has 0 radical (unpaired) electrons. The summed E-state index contributed by atoms with van der Waals surface area (Å²) in [6.07, 6.45) is 3.78. The van der Waals surface area contributed by atoms with E-state index in [9.17, 15) is 9.59 Å². The number of benzene rings is 1. The molecule has 0 saturated carbocycles. The third-order valence-electron chi connectivity index (χ3n) is 4.80. The zero-order valence-corrected chi connectivity index (χ0v) is 14.6. The number of aromatic nitrogens is 3. The van der Waals surface area contributed by atoms with Gasteiger partial charge in [0.15, 0.2) is 5.43 Å². The van der Waals surface area contributed by atoms with E-state index in [0.29, 0.717) is 23.9 Å². The van der Waals surface area contributed by atoms with Crippen LogP contribution in [0, 0.1) is 6.92 Å². The first-order valence-electron chi connectivity index (χ1n) is 8.87. The lowest BCUT2D eigenvalue weighted by Crippen LogP contribution is -2.28. The Balaban J connectivity index is 1.45. The minimum absolute atomic E-state index is 0.165. The molecule has 0 unspecified atom stereocenters. The lowest BCUT2D eigenvalue weighted by atomic mass is 10.2. The fourth-order valence-electron chi connectivity index (χ4n) is 3.50. The number of rotatable bonds is 4. The van der Waals surface area contributed by atoms with Crippen LogP contribution in [0.4, 0.5) is 0 Å². The van der Waals surface area contributed by atoms with Crippen LogP contribution in [0.2, 0.25) is 0 Å². The maximum Gasteiger partial charge on any atom is 0.267 e. The molecule has 132 valence electrons. The molecule has 2 N–H and O–H groups in total. The first-order valence-corrected chi connectivity index (χ1v) is 8.87. The Morgan fingerprint density at radius 3 is 2.96 bits per heavy atom. The zero-order chi connectivity index (χ0) is 18.1. The molecule has 4 rings (SSSR count). The van der Waals surface area contributed by atoms with Gasteiger partial charge in [-0.2, -0.15) is 0 Å². The molecular weight excluding hydrogens is 328 g/mol. The van der Waals surface area contributed by atoms with Crippen LogP contribution in [0.5, 0.6) is 0 Å². The van der Waals surface area contributed by atoms with Crippen LogP contribution in [0.25, 0.3) is 10.9 Å². The topological polar surface area (TPSA) is 87.7 Å². The van der Waals surface area contributed by atoms with Gasteiger partial charge in [0.05, 0.1) is 0 Å². The number of para-hydroxylation sites is 1. The summed E-state index contributed by atoms with van der Waals surface area (Å²) in [7, 11) is 0.